The average molecular weight is 308 g/mol. The van der Waals surface area contributed by atoms with Gasteiger partial charge in [-0.2, -0.15) is 0 Å². The van der Waals surface area contributed by atoms with Crippen LogP contribution in [0.25, 0.3) is 0 Å². The van der Waals surface area contributed by atoms with E-state index in [1.54, 1.807) is 0 Å². The molecule has 1 saturated carbocycles. The third kappa shape index (κ3) is 4.78. The molecule has 1 aliphatic heterocycles. The van der Waals surface area contributed by atoms with Crippen LogP contribution in [0.15, 0.2) is 17.5 Å². The summed E-state index contributed by atoms with van der Waals surface area (Å²) in [6.45, 7) is 4.43. The maximum absolute atomic E-state index is 6.19. The number of likely N-dealkylation sites (N-methyl/N-ethyl adjacent to an activating group) is 1. The van der Waals surface area contributed by atoms with Crippen molar-refractivity contribution in [1.82, 2.24) is 10.2 Å². The minimum atomic E-state index is 0.423. The largest absolute Gasteiger partial charge is 0.372 e. The van der Waals surface area contributed by atoms with Gasteiger partial charge in [-0.15, -0.1) is 11.3 Å². The van der Waals surface area contributed by atoms with E-state index >= 15 is 0 Å². The second-order valence-corrected chi connectivity index (χ2v) is 7.74. The Morgan fingerprint density at radius 3 is 2.86 bits per heavy atom. The van der Waals surface area contributed by atoms with Gasteiger partial charge in [0.25, 0.3) is 0 Å². The third-order valence-electron chi connectivity index (χ3n) is 4.73. The summed E-state index contributed by atoms with van der Waals surface area (Å²) in [5.41, 5.74) is 0. The number of hydrogen-bond acceptors (Lipinski definition) is 4. The van der Waals surface area contributed by atoms with Crippen LogP contribution in [0.3, 0.4) is 0 Å². The Balaban J connectivity index is 1.37. The van der Waals surface area contributed by atoms with Crippen molar-refractivity contribution in [3.63, 3.8) is 0 Å². The first kappa shape index (κ1) is 15.5. The first-order valence-corrected chi connectivity index (χ1v) is 9.20. The third-order valence-corrected chi connectivity index (χ3v) is 5.63. The van der Waals surface area contributed by atoms with E-state index in [0.717, 1.165) is 25.6 Å². The Bertz CT molecular complexity index is 418. The van der Waals surface area contributed by atoms with Crippen LogP contribution >= 0.6 is 11.3 Å². The first-order chi connectivity index (χ1) is 10.2. The van der Waals surface area contributed by atoms with Crippen molar-refractivity contribution in [3.8, 4) is 0 Å². The summed E-state index contributed by atoms with van der Waals surface area (Å²) in [6, 6.07) is 5.75. The van der Waals surface area contributed by atoms with Crippen molar-refractivity contribution < 1.29 is 4.74 Å². The van der Waals surface area contributed by atoms with Crippen LogP contribution in [0, 0.1) is 0 Å². The zero-order valence-corrected chi connectivity index (χ0v) is 14.1. The Labute approximate surface area is 132 Å². The highest BCUT2D eigenvalue weighted by Crippen LogP contribution is 2.23. The van der Waals surface area contributed by atoms with Crippen LogP contribution in [0.4, 0.5) is 0 Å². The molecule has 0 spiro atoms. The molecule has 1 saturated heterocycles. The molecule has 21 heavy (non-hydrogen) atoms. The number of nitrogens with zero attached hydrogens (tertiary/aromatic N) is 1. The molecule has 3 rings (SSSR count). The van der Waals surface area contributed by atoms with E-state index in [2.05, 4.69) is 41.7 Å². The lowest BCUT2D eigenvalue weighted by Crippen LogP contribution is -2.37. The standard InChI is InChI=1S/C17H28N2OS/c1-13(10-17-4-3-9-21-17)19(2)12-16-8-7-15(20-16)11-18-14-5-6-14/h3-4,9,13-16,18H,5-8,10-12H2,1-2H3. The van der Waals surface area contributed by atoms with E-state index in [1.807, 2.05) is 11.3 Å². The summed E-state index contributed by atoms with van der Waals surface area (Å²) in [5, 5.41) is 5.75. The summed E-state index contributed by atoms with van der Waals surface area (Å²) in [5.74, 6) is 0. The number of ether oxygens (including phenoxy) is 1. The van der Waals surface area contributed by atoms with Crippen molar-refractivity contribution >= 4 is 11.3 Å². The zero-order chi connectivity index (χ0) is 14.7. The lowest BCUT2D eigenvalue weighted by Gasteiger charge is -2.27. The van der Waals surface area contributed by atoms with Crippen molar-refractivity contribution in [1.29, 1.82) is 0 Å². The van der Waals surface area contributed by atoms with Crippen molar-refractivity contribution in [2.24, 2.45) is 0 Å². The molecule has 2 heterocycles. The molecule has 3 unspecified atom stereocenters. The Kier molecular flexibility index (Phi) is 5.33. The predicted octanol–water partition coefficient (Wildman–Crippen LogP) is 2.91. The van der Waals surface area contributed by atoms with Gasteiger partial charge in [0.05, 0.1) is 12.2 Å². The highest BCUT2D eigenvalue weighted by Gasteiger charge is 2.29. The van der Waals surface area contributed by atoms with E-state index in [4.69, 9.17) is 4.74 Å². The molecule has 1 aliphatic carbocycles. The van der Waals surface area contributed by atoms with Crippen LogP contribution in [0.2, 0.25) is 0 Å². The van der Waals surface area contributed by atoms with E-state index in [0.29, 0.717) is 18.2 Å². The molecule has 2 fully saturated rings. The van der Waals surface area contributed by atoms with E-state index < -0.39 is 0 Å². The van der Waals surface area contributed by atoms with E-state index in [-0.39, 0.29) is 0 Å². The quantitative estimate of drug-likeness (QED) is 0.799. The SMILES string of the molecule is CC(Cc1cccs1)N(C)CC1CCC(CNC2CC2)O1. The summed E-state index contributed by atoms with van der Waals surface area (Å²) in [6.07, 6.45) is 7.17. The molecule has 0 radical (unpaired) electrons. The normalized spacial score (nSPS) is 27.4. The van der Waals surface area contributed by atoms with Crippen LogP contribution in [0.1, 0.15) is 37.5 Å². The second-order valence-electron chi connectivity index (χ2n) is 6.71. The van der Waals surface area contributed by atoms with Gasteiger partial charge in [-0.1, -0.05) is 6.07 Å². The fourth-order valence-electron chi connectivity index (χ4n) is 3.03. The van der Waals surface area contributed by atoms with Gasteiger partial charge in [-0.3, -0.25) is 0 Å². The predicted molar refractivity (Wildman–Crippen MR) is 89.0 cm³/mol. The maximum atomic E-state index is 6.19. The van der Waals surface area contributed by atoms with Crippen molar-refractivity contribution in [3.05, 3.63) is 22.4 Å². The Morgan fingerprint density at radius 1 is 1.33 bits per heavy atom. The minimum absolute atomic E-state index is 0.423. The van der Waals surface area contributed by atoms with E-state index in [1.165, 1.54) is 30.6 Å². The molecule has 4 heteroatoms. The molecule has 1 N–H and O–H groups in total. The van der Waals surface area contributed by atoms with Crippen molar-refractivity contribution in [2.75, 3.05) is 20.1 Å². The summed E-state index contributed by atoms with van der Waals surface area (Å²) in [4.78, 5) is 3.94. The molecular formula is C17H28N2OS. The molecule has 1 aromatic heterocycles. The van der Waals surface area contributed by atoms with Crippen LogP contribution < -0.4 is 5.32 Å². The van der Waals surface area contributed by atoms with Gasteiger partial charge in [-0.05, 0) is 57.5 Å². The highest BCUT2D eigenvalue weighted by molar-refractivity contribution is 7.09. The molecule has 0 bridgehead atoms. The molecule has 3 atom stereocenters. The molecule has 0 amide bonds. The van der Waals surface area contributed by atoms with Gasteiger partial charge in [0.2, 0.25) is 0 Å². The van der Waals surface area contributed by atoms with Crippen LogP contribution in [-0.4, -0.2) is 49.3 Å². The van der Waals surface area contributed by atoms with Gasteiger partial charge < -0.3 is 15.0 Å². The summed E-state index contributed by atoms with van der Waals surface area (Å²) in [7, 11) is 2.23. The van der Waals surface area contributed by atoms with Gasteiger partial charge in [0.1, 0.15) is 0 Å². The second kappa shape index (κ2) is 7.23. The molecule has 3 nitrogen and oxygen atoms in total. The van der Waals surface area contributed by atoms with Gasteiger partial charge in [-0.25, -0.2) is 0 Å². The van der Waals surface area contributed by atoms with Gasteiger partial charge in [0.15, 0.2) is 0 Å². The Morgan fingerprint density at radius 2 is 2.14 bits per heavy atom. The summed E-state index contributed by atoms with van der Waals surface area (Å²) < 4.78 is 6.19. The van der Waals surface area contributed by atoms with Crippen molar-refractivity contribution in [2.45, 2.75) is 63.3 Å². The summed E-state index contributed by atoms with van der Waals surface area (Å²) >= 11 is 1.86. The smallest absolute Gasteiger partial charge is 0.0707 e. The zero-order valence-electron chi connectivity index (χ0n) is 13.3. The average Bonchev–Trinajstić information content (AvgIpc) is 2.96. The maximum Gasteiger partial charge on any atom is 0.0707 e. The highest BCUT2D eigenvalue weighted by atomic mass is 32.1. The molecular weight excluding hydrogens is 280 g/mol. The topological polar surface area (TPSA) is 24.5 Å². The fraction of sp³-hybridized carbons (Fsp3) is 0.765. The number of thiophene rings is 1. The van der Waals surface area contributed by atoms with Crippen LogP contribution in [0.5, 0.6) is 0 Å². The van der Waals surface area contributed by atoms with Gasteiger partial charge in [0, 0.05) is 30.1 Å². The molecule has 2 aliphatic rings. The van der Waals surface area contributed by atoms with Gasteiger partial charge >= 0.3 is 0 Å². The lowest BCUT2D eigenvalue weighted by molar-refractivity contribution is 0.0218. The number of nitrogens with one attached hydrogen (secondary N) is 1. The Hall–Kier alpha value is -0.420. The molecule has 1 aromatic rings. The van der Waals surface area contributed by atoms with E-state index in [9.17, 15) is 0 Å². The fourth-order valence-corrected chi connectivity index (χ4v) is 3.85. The first-order valence-electron chi connectivity index (χ1n) is 8.32. The molecule has 0 aromatic carbocycles. The monoisotopic (exact) mass is 308 g/mol. The lowest BCUT2D eigenvalue weighted by atomic mass is 10.1. The number of rotatable bonds is 8. The minimum Gasteiger partial charge on any atom is -0.372 e. The van der Waals surface area contributed by atoms with Crippen LogP contribution in [-0.2, 0) is 11.2 Å². The molecule has 118 valence electrons. The number of hydrogen-bond donors (Lipinski definition) is 1.